The molecule has 0 spiro atoms. The summed E-state index contributed by atoms with van der Waals surface area (Å²) in [7, 11) is 0. The Morgan fingerprint density at radius 3 is 2.47 bits per heavy atom. The van der Waals surface area contributed by atoms with E-state index in [1.165, 1.54) is 0 Å². The lowest BCUT2D eigenvalue weighted by molar-refractivity contribution is 0.0746. The van der Waals surface area contributed by atoms with E-state index in [1.807, 2.05) is 0 Å². The van der Waals surface area contributed by atoms with Crippen molar-refractivity contribution in [1.29, 1.82) is 0 Å². The molecule has 0 aromatic heterocycles. The number of hydrogen-bond donors (Lipinski definition) is 0. The lowest BCUT2D eigenvalue weighted by Gasteiger charge is -2.45. The maximum atomic E-state index is 10.5. The van der Waals surface area contributed by atoms with Crippen LogP contribution < -0.4 is 0 Å². The van der Waals surface area contributed by atoms with E-state index in [0.29, 0.717) is 6.54 Å². The Labute approximate surface area is 115 Å². The standard InChI is InChI=1S/C15H24N2O2/c1-14(2)8-13(17-12-19)9-15(3,10-14)6-4-5-7-16-11-18/h13H,4-10H2,1-3H3. The number of hydrogen-bond acceptors (Lipinski definition) is 4. The molecule has 2 atom stereocenters. The van der Waals surface area contributed by atoms with Gasteiger partial charge in [0.2, 0.25) is 12.2 Å². The summed E-state index contributed by atoms with van der Waals surface area (Å²) in [5.74, 6) is 0. The molecule has 1 fully saturated rings. The monoisotopic (exact) mass is 264 g/mol. The summed E-state index contributed by atoms with van der Waals surface area (Å²) < 4.78 is 0. The summed E-state index contributed by atoms with van der Waals surface area (Å²) >= 11 is 0. The molecule has 0 amide bonds. The Bertz CT molecular complexity index is 393. The fourth-order valence-corrected chi connectivity index (χ4v) is 3.72. The second-order valence-corrected chi connectivity index (χ2v) is 6.86. The van der Waals surface area contributed by atoms with Gasteiger partial charge < -0.3 is 0 Å². The van der Waals surface area contributed by atoms with E-state index in [-0.39, 0.29) is 16.9 Å². The van der Waals surface area contributed by atoms with Crippen LogP contribution in [0.1, 0.15) is 59.3 Å². The van der Waals surface area contributed by atoms with Crippen molar-refractivity contribution in [1.82, 2.24) is 0 Å². The summed E-state index contributed by atoms with van der Waals surface area (Å²) in [5.41, 5.74) is 0.441. The first-order valence-electron chi connectivity index (χ1n) is 7.01. The van der Waals surface area contributed by atoms with Crippen molar-refractivity contribution in [3.63, 3.8) is 0 Å². The second-order valence-electron chi connectivity index (χ2n) is 6.86. The van der Waals surface area contributed by atoms with E-state index in [9.17, 15) is 9.59 Å². The highest BCUT2D eigenvalue weighted by molar-refractivity contribution is 5.33. The zero-order valence-corrected chi connectivity index (χ0v) is 12.2. The molecule has 2 unspecified atom stereocenters. The van der Waals surface area contributed by atoms with Crippen molar-refractivity contribution in [2.24, 2.45) is 20.8 Å². The van der Waals surface area contributed by atoms with Crippen molar-refractivity contribution in [2.75, 3.05) is 6.54 Å². The molecular weight excluding hydrogens is 240 g/mol. The molecule has 0 aliphatic heterocycles. The largest absolute Gasteiger partial charge is 0.235 e. The van der Waals surface area contributed by atoms with Gasteiger partial charge in [-0.1, -0.05) is 27.2 Å². The molecule has 19 heavy (non-hydrogen) atoms. The smallest absolute Gasteiger partial charge is 0.211 e. The molecule has 0 radical (unpaired) electrons. The predicted octanol–water partition coefficient (Wildman–Crippen LogP) is 3.41. The molecule has 4 heteroatoms. The Balaban J connectivity index is 2.57. The first-order valence-corrected chi connectivity index (χ1v) is 7.01. The number of carbonyl (C=O) groups excluding carboxylic acids is 2. The second kappa shape index (κ2) is 6.79. The van der Waals surface area contributed by atoms with Crippen molar-refractivity contribution in [2.45, 2.75) is 65.3 Å². The van der Waals surface area contributed by atoms with Crippen LogP contribution in [0.15, 0.2) is 9.98 Å². The minimum absolute atomic E-state index is 0.110. The van der Waals surface area contributed by atoms with Crippen LogP contribution in [-0.2, 0) is 9.59 Å². The van der Waals surface area contributed by atoms with Crippen molar-refractivity contribution < 1.29 is 9.59 Å². The molecule has 0 saturated heterocycles. The normalized spacial score (nSPS) is 29.1. The number of aliphatic imine (C=N–C) groups is 2. The quantitative estimate of drug-likeness (QED) is 0.419. The third-order valence-electron chi connectivity index (χ3n) is 4.02. The molecule has 106 valence electrons. The average Bonchev–Trinajstić information content (AvgIpc) is 2.26. The maximum absolute atomic E-state index is 10.5. The number of nitrogens with zero attached hydrogens (tertiary/aromatic N) is 2. The van der Waals surface area contributed by atoms with Crippen LogP contribution in [0.2, 0.25) is 0 Å². The highest BCUT2D eigenvalue weighted by Crippen LogP contribution is 2.49. The molecule has 0 bridgehead atoms. The fraction of sp³-hybridized carbons (Fsp3) is 0.867. The highest BCUT2D eigenvalue weighted by atomic mass is 16.1. The van der Waals surface area contributed by atoms with Gasteiger partial charge >= 0.3 is 0 Å². The van der Waals surface area contributed by atoms with Gasteiger partial charge in [0.25, 0.3) is 0 Å². The molecular formula is C15H24N2O2. The van der Waals surface area contributed by atoms with Crippen LogP contribution in [0.25, 0.3) is 0 Å². The van der Waals surface area contributed by atoms with Crippen LogP contribution in [0.3, 0.4) is 0 Å². The van der Waals surface area contributed by atoms with Crippen molar-refractivity contribution in [3.8, 4) is 0 Å². The molecule has 1 aliphatic rings. The molecule has 4 nitrogen and oxygen atoms in total. The van der Waals surface area contributed by atoms with Gasteiger partial charge in [0, 0.05) is 0 Å². The van der Waals surface area contributed by atoms with Gasteiger partial charge in [-0.05, 0) is 42.9 Å². The first-order chi connectivity index (χ1) is 8.91. The summed E-state index contributed by atoms with van der Waals surface area (Å²) in [4.78, 5) is 28.0. The lowest BCUT2D eigenvalue weighted by atomic mass is 9.61. The first kappa shape index (κ1) is 15.8. The molecule has 0 aromatic carbocycles. The number of unbranched alkanes of at least 4 members (excludes halogenated alkanes) is 1. The average molecular weight is 264 g/mol. The van der Waals surface area contributed by atoms with Gasteiger partial charge in [0.05, 0.1) is 12.6 Å². The van der Waals surface area contributed by atoms with Gasteiger partial charge in [0.1, 0.15) is 0 Å². The van der Waals surface area contributed by atoms with Crippen LogP contribution in [0.5, 0.6) is 0 Å². The van der Waals surface area contributed by atoms with E-state index in [1.54, 1.807) is 12.2 Å². The van der Waals surface area contributed by atoms with E-state index in [4.69, 9.17) is 0 Å². The third kappa shape index (κ3) is 5.50. The van der Waals surface area contributed by atoms with Gasteiger partial charge in [0.15, 0.2) is 0 Å². The molecule has 1 saturated carbocycles. The van der Waals surface area contributed by atoms with E-state index in [0.717, 1.165) is 38.5 Å². The van der Waals surface area contributed by atoms with Crippen LogP contribution in [0, 0.1) is 10.8 Å². The zero-order chi connectivity index (χ0) is 14.4. The van der Waals surface area contributed by atoms with Gasteiger partial charge in [-0.25, -0.2) is 19.6 Å². The molecule has 1 rings (SSSR count). The Kier molecular flexibility index (Phi) is 5.65. The summed E-state index contributed by atoms with van der Waals surface area (Å²) in [6.07, 6.45) is 9.43. The van der Waals surface area contributed by atoms with Crippen LogP contribution >= 0.6 is 0 Å². The zero-order valence-electron chi connectivity index (χ0n) is 12.2. The number of rotatable bonds is 6. The minimum atomic E-state index is 0.110. The lowest BCUT2D eigenvalue weighted by Crippen LogP contribution is -2.37. The van der Waals surface area contributed by atoms with Gasteiger partial charge in [-0.2, -0.15) is 0 Å². The topological polar surface area (TPSA) is 58.9 Å². The predicted molar refractivity (Wildman–Crippen MR) is 74.5 cm³/mol. The third-order valence-corrected chi connectivity index (χ3v) is 4.02. The van der Waals surface area contributed by atoms with Gasteiger partial charge in [-0.15, -0.1) is 0 Å². The summed E-state index contributed by atoms with van der Waals surface area (Å²) in [5, 5.41) is 0. The molecule has 0 N–H and O–H groups in total. The highest BCUT2D eigenvalue weighted by Gasteiger charge is 2.40. The van der Waals surface area contributed by atoms with Crippen LogP contribution in [0.4, 0.5) is 0 Å². The Morgan fingerprint density at radius 1 is 1.11 bits per heavy atom. The maximum Gasteiger partial charge on any atom is 0.235 e. The fourth-order valence-electron chi connectivity index (χ4n) is 3.72. The van der Waals surface area contributed by atoms with Gasteiger partial charge in [-0.3, -0.25) is 0 Å². The van der Waals surface area contributed by atoms with Crippen molar-refractivity contribution in [3.05, 3.63) is 0 Å². The molecule has 0 aromatic rings. The summed E-state index contributed by atoms with van der Waals surface area (Å²) in [6.45, 7) is 7.34. The minimum Gasteiger partial charge on any atom is -0.211 e. The van der Waals surface area contributed by atoms with Crippen molar-refractivity contribution >= 4 is 12.2 Å². The van der Waals surface area contributed by atoms with E-state index >= 15 is 0 Å². The summed E-state index contributed by atoms with van der Waals surface area (Å²) in [6, 6.07) is 0.110. The van der Waals surface area contributed by atoms with Crippen LogP contribution in [-0.4, -0.2) is 24.7 Å². The number of isocyanates is 2. The SMILES string of the molecule is CC1(C)CC(N=C=O)CC(C)(CCCCN=C=O)C1. The van der Waals surface area contributed by atoms with E-state index in [2.05, 4.69) is 30.8 Å². The van der Waals surface area contributed by atoms with E-state index < -0.39 is 0 Å². The molecule has 1 aliphatic carbocycles. The Morgan fingerprint density at radius 2 is 1.84 bits per heavy atom. The Hall–Kier alpha value is -1.24. The molecule has 0 heterocycles.